The van der Waals surface area contributed by atoms with Gasteiger partial charge in [0.25, 0.3) is 0 Å². The lowest BCUT2D eigenvalue weighted by Crippen LogP contribution is -2.06. The summed E-state index contributed by atoms with van der Waals surface area (Å²) in [5.74, 6) is 0.979. The Kier molecular flexibility index (Phi) is 6.42. The molecule has 29 heavy (non-hydrogen) atoms. The first-order valence-electron chi connectivity index (χ1n) is 8.60. The average molecular weight is 475 g/mol. The molecule has 4 N–H and O–H groups in total. The van der Waals surface area contributed by atoms with Crippen LogP contribution in [0.2, 0.25) is 5.02 Å². The van der Waals surface area contributed by atoms with Crippen molar-refractivity contribution in [3.63, 3.8) is 0 Å². The van der Waals surface area contributed by atoms with Crippen LogP contribution in [0.4, 0.5) is 11.8 Å². The molecular weight excluding hydrogens is 458 g/mol. The Morgan fingerprint density at radius 3 is 2.55 bits per heavy atom. The zero-order valence-electron chi connectivity index (χ0n) is 15.4. The fourth-order valence-electron chi connectivity index (χ4n) is 2.67. The lowest BCUT2D eigenvalue weighted by molar-refractivity contribution is 0.269. The Morgan fingerprint density at radius 2 is 1.86 bits per heavy atom. The predicted octanol–water partition coefficient (Wildman–Crippen LogP) is 4.57. The second-order valence-electron chi connectivity index (χ2n) is 5.89. The van der Waals surface area contributed by atoms with Crippen LogP contribution in [0.3, 0.4) is 0 Å². The van der Waals surface area contributed by atoms with E-state index in [1.807, 2.05) is 31.2 Å². The number of hydrogen-bond acceptors (Lipinski definition) is 7. The summed E-state index contributed by atoms with van der Waals surface area (Å²) in [5, 5.41) is 10.1. The van der Waals surface area contributed by atoms with Crippen LogP contribution in [0.15, 0.2) is 40.9 Å². The number of anilines is 2. The molecule has 0 saturated carbocycles. The molecule has 148 valence electrons. The first kappa shape index (κ1) is 20.7. The van der Waals surface area contributed by atoms with Gasteiger partial charge in [-0.3, -0.25) is 0 Å². The van der Waals surface area contributed by atoms with Gasteiger partial charge in [0.05, 0.1) is 12.3 Å². The van der Waals surface area contributed by atoms with E-state index in [0.717, 1.165) is 5.56 Å². The van der Waals surface area contributed by atoms with Crippen molar-refractivity contribution in [3.05, 3.63) is 57.0 Å². The van der Waals surface area contributed by atoms with E-state index in [2.05, 4.69) is 25.9 Å². The number of halogens is 2. The number of nitrogens with two attached hydrogens (primary N) is 2. The van der Waals surface area contributed by atoms with Crippen molar-refractivity contribution in [3.8, 4) is 28.8 Å². The highest BCUT2D eigenvalue weighted by Gasteiger charge is 2.19. The van der Waals surface area contributed by atoms with E-state index < -0.39 is 0 Å². The van der Waals surface area contributed by atoms with Gasteiger partial charge in [0.2, 0.25) is 5.95 Å². The molecule has 3 aromatic rings. The molecule has 0 unspecified atom stereocenters. The van der Waals surface area contributed by atoms with Crippen molar-refractivity contribution in [1.29, 1.82) is 5.26 Å². The van der Waals surface area contributed by atoms with E-state index in [1.54, 1.807) is 18.2 Å². The monoisotopic (exact) mass is 473 g/mol. The van der Waals surface area contributed by atoms with Crippen LogP contribution in [0, 0.1) is 11.3 Å². The first-order valence-corrected chi connectivity index (χ1v) is 9.77. The highest BCUT2D eigenvalue weighted by molar-refractivity contribution is 9.10. The van der Waals surface area contributed by atoms with Crippen molar-refractivity contribution in [1.82, 2.24) is 9.97 Å². The minimum Gasteiger partial charge on any atom is -0.490 e. The molecular formula is C20H17BrClN5O2. The minimum atomic E-state index is -0.0274. The minimum absolute atomic E-state index is 0.0129. The summed E-state index contributed by atoms with van der Waals surface area (Å²) in [7, 11) is 0. The van der Waals surface area contributed by atoms with Crippen molar-refractivity contribution >= 4 is 39.3 Å². The molecule has 0 spiro atoms. The molecule has 2 aromatic carbocycles. The molecule has 7 nitrogen and oxygen atoms in total. The molecule has 0 saturated heterocycles. The van der Waals surface area contributed by atoms with Crippen LogP contribution in [-0.2, 0) is 6.61 Å². The van der Waals surface area contributed by atoms with Crippen LogP contribution in [0.25, 0.3) is 11.3 Å². The molecule has 3 rings (SSSR count). The standard InChI is InChI=1S/C20H17BrClN5O2/c1-2-28-16-7-12(18-13(9-23)19(24)27-20(25)26-18)14(21)8-17(16)29-10-11-5-3-4-6-15(11)22/h3-8H,2,10H2,1H3,(H4,24,25,26,27). The summed E-state index contributed by atoms with van der Waals surface area (Å²) in [5.41, 5.74) is 13.4. The fraction of sp³-hybridized carbons (Fsp3) is 0.150. The second-order valence-corrected chi connectivity index (χ2v) is 7.16. The van der Waals surface area contributed by atoms with Crippen LogP contribution in [-0.4, -0.2) is 16.6 Å². The number of rotatable bonds is 6. The van der Waals surface area contributed by atoms with E-state index in [0.29, 0.717) is 38.9 Å². The van der Waals surface area contributed by atoms with Crippen LogP contribution in [0.1, 0.15) is 18.1 Å². The summed E-state index contributed by atoms with van der Waals surface area (Å²) in [6.45, 7) is 2.55. The number of nitrogen functional groups attached to an aromatic ring is 2. The summed E-state index contributed by atoms with van der Waals surface area (Å²) in [6.07, 6.45) is 0. The number of benzene rings is 2. The van der Waals surface area contributed by atoms with Gasteiger partial charge >= 0.3 is 0 Å². The topological polar surface area (TPSA) is 120 Å². The zero-order chi connectivity index (χ0) is 21.0. The number of hydrogen-bond donors (Lipinski definition) is 2. The zero-order valence-corrected chi connectivity index (χ0v) is 17.8. The van der Waals surface area contributed by atoms with E-state index >= 15 is 0 Å². The fourth-order valence-corrected chi connectivity index (χ4v) is 3.37. The van der Waals surface area contributed by atoms with Gasteiger partial charge < -0.3 is 20.9 Å². The van der Waals surface area contributed by atoms with Gasteiger partial charge in [0, 0.05) is 20.6 Å². The van der Waals surface area contributed by atoms with E-state index in [-0.39, 0.29) is 23.9 Å². The lowest BCUT2D eigenvalue weighted by atomic mass is 10.1. The molecule has 0 aliphatic rings. The van der Waals surface area contributed by atoms with Gasteiger partial charge in [-0.25, -0.2) is 4.98 Å². The van der Waals surface area contributed by atoms with Gasteiger partial charge in [-0.2, -0.15) is 10.2 Å². The molecule has 0 bridgehead atoms. The Balaban J connectivity index is 2.04. The van der Waals surface area contributed by atoms with Gasteiger partial charge in [-0.15, -0.1) is 0 Å². The Morgan fingerprint density at radius 1 is 1.14 bits per heavy atom. The quantitative estimate of drug-likeness (QED) is 0.536. The third kappa shape index (κ3) is 4.53. The highest BCUT2D eigenvalue weighted by Crippen LogP contribution is 2.40. The Labute approximate surface area is 181 Å². The summed E-state index contributed by atoms with van der Waals surface area (Å²) >= 11 is 9.71. The number of aromatic nitrogens is 2. The smallest absolute Gasteiger partial charge is 0.222 e. The molecule has 9 heteroatoms. The molecule has 0 aliphatic heterocycles. The third-order valence-corrected chi connectivity index (χ3v) is 5.02. The summed E-state index contributed by atoms with van der Waals surface area (Å²) < 4.78 is 12.3. The van der Waals surface area contributed by atoms with E-state index in [4.69, 9.17) is 32.5 Å². The van der Waals surface area contributed by atoms with Gasteiger partial charge in [0.15, 0.2) is 11.5 Å². The highest BCUT2D eigenvalue weighted by atomic mass is 79.9. The summed E-state index contributed by atoms with van der Waals surface area (Å²) in [4.78, 5) is 8.04. The maximum absolute atomic E-state index is 9.47. The lowest BCUT2D eigenvalue weighted by Gasteiger charge is -2.16. The van der Waals surface area contributed by atoms with E-state index in [9.17, 15) is 5.26 Å². The number of nitriles is 1. The average Bonchev–Trinajstić information content (AvgIpc) is 2.68. The normalized spacial score (nSPS) is 10.4. The number of nitrogens with zero attached hydrogens (tertiary/aromatic N) is 3. The molecule has 1 heterocycles. The van der Waals surface area contributed by atoms with Crippen LogP contribution < -0.4 is 20.9 Å². The van der Waals surface area contributed by atoms with Crippen LogP contribution in [0.5, 0.6) is 11.5 Å². The van der Waals surface area contributed by atoms with Crippen molar-refractivity contribution in [2.45, 2.75) is 13.5 Å². The predicted molar refractivity (Wildman–Crippen MR) is 116 cm³/mol. The Hall–Kier alpha value is -3.02. The largest absolute Gasteiger partial charge is 0.490 e. The maximum atomic E-state index is 9.47. The molecule has 0 fully saturated rings. The van der Waals surface area contributed by atoms with Crippen molar-refractivity contribution < 1.29 is 9.47 Å². The molecule has 0 atom stereocenters. The van der Waals surface area contributed by atoms with E-state index in [1.165, 1.54) is 0 Å². The maximum Gasteiger partial charge on any atom is 0.222 e. The van der Waals surface area contributed by atoms with Crippen molar-refractivity contribution in [2.24, 2.45) is 0 Å². The van der Waals surface area contributed by atoms with Gasteiger partial charge in [0.1, 0.15) is 24.1 Å². The number of ether oxygens (including phenoxy) is 2. The second kappa shape index (κ2) is 8.99. The SMILES string of the molecule is CCOc1cc(-c2nc(N)nc(N)c2C#N)c(Br)cc1OCc1ccccc1Cl. The Bertz CT molecular complexity index is 1100. The molecule has 0 amide bonds. The molecule has 1 aromatic heterocycles. The van der Waals surface area contributed by atoms with Crippen LogP contribution >= 0.6 is 27.5 Å². The first-order chi connectivity index (χ1) is 13.9. The van der Waals surface area contributed by atoms with Crippen molar-refractivity contribution in [2.75, 3.05) is 18.1 Å². The molecule has 0 radical (unpaired) electrons. The summed E-state index contributed by atoms with van der Waals surface area (Å²) in [6, 6.07) is 12.9. The van der Waals surface area contributed by atoms with Gasteiger partial charge in [-0.05, 0) is 41.1 Å². The third-order valence-electron chi connectivity index (χ3n) is 4.00. The van der Waals surface area contributed by atoms with Gasteiger partial charge in [-0.1, -0.05) is 29.8 Å². The molecule has 0 aliphatic carbocycles.